The molecule has 0 aromatic carbocycles. The minimum atomic E-state index is -6.01. The quantitative estimate of drug-likeness (QED) is 0.519. The van der Waals surface area contributed by atoms with Crippen LogP contribution in [0.25, 0.3) is 0 Å². The Morgan fingerprint density at radius 2 is 1.08 bits per heavy atom. The van der Waals surface area contributed by atoms with Crippen molar-refractivity contribution in [1.82, 2.24) is 0 Å². The van der Waals surface area contributed by atoms with E-state index in [2.05, 4.69) is 12.6 Å². The van der Waals surface area contributed by atoms with Crippen molar-refractivity contribution in [1.29, 1.82) is 0 Å². The predicted octanol–water partition coefficient (Wildman–Crippen LogP) is 3.14. The van der Waals surface area contributed by atoms with Crippen molar-refractivity contribution in [2.75, 3.05) is 0 Å². The van der Waals surface area contributed by atoms with Crippen LogP contribution in [0.3, 0.4) is 0 Å². The van der Waals surface area contributed by atoms with Crippen LogP contribution in [0.5, 0.6) is 0 Å². The van der Waals surface area contributed by atoms with E-state index in [0.717, 1.165) is 0 Å². The van der Waals surface area contributed by atoms with Gasteiger partial charge in [-0.1, -0.05) is 0 Å². The Balaban J connectivity index is 5.22. The Bertz CT molecular complexity index is 164. The molecule has 80 valence electrons. The summed E-state index contributed by atoms with van der Waals surface area (Å²) in [5.74, 6) is 0. The molecule has 0 aromatic heterocycles. The number of rotatable bonds is 1. The average molecular weight is 230 g/mol. The molecule has 0 amide bonds. The summed E-state index contributed by atoms with van der Waals surface area (Å²) < 4.78 is 82.8. The molecular weight excluding hydrogens is 225 g/mol. The molecule has 0 heterocycles. The van der Waals surface area contributed by atoms with Crippen molar-refractivity contribution in [2.45, 2.75) is 30.2 Å². The third kappa shape index (κ3) is 2.03. The zero-order valence-electron chi connectivity index (χ0n) is 6.17. The highest BCUT2D eigenvalue weighted by atomic mass is 32.1. The molecule has 1 atom stereocenters. The first-order valence-electron chi connectivity index (χ1n) is 2.95. The van der Waals surface area contributed by atoms with Crippen LogP contribution >= 0.6 is 12.6 Å². The average Bonchev–Trinajstić information content (AvgIpc) is 1.80. The van der Waals surface area contributed by atoms with Crippen LogP contribution < -0.4 is 0 Å². The smallest absolute Gasteiger partial charge is 0.222 e. The van der Waals surface area contributed by atoms with E-state index in [4.69, 9.17) is 0 Å². The molecule has 0 aliphatic rings. The van der Waals surface area contributed by atoms with E-state index >= 15 is 0 Å². The normalized spacial score (nSPS) is 17.3. The lowest BCUT2D eigenvalue weighted by molar-refractivity contribution is -0.339. The van der Waals surface area contributed by atoms with Gasteiger partial charge in [0, 0.05) is 0 Å². The van der Waals surface area contributed by atoms with E-state index in [1.54, 1.807) is 0 Å². The zero-order valence-corrected chi connectivity index (χ0v) is 7.06. The number of halogens is 7. The van der Waals surface area contributed by atoms with Crippen LogP contribution in [0, 0.1) is 0 Å². The van der Waals surface area contributed by atoms with E-state index in [9.17, 15) is 30.7 Å². The van der Waals surface area contributed by atoms with Gasteiger partial charge in [-0.25, -0.2) is 4.39 Å². The number of hydrogen-bond acceptors (Lipinski definition) is 1. The second kappa shape index (κ2) is 3.21. The molecule has 0 N–H and O–H groups in total. The number of alkyl halides is 7. The van der Waals surface area contributed by atoms with Crippen molar-refractivity contribution in [3.05, 3.63) is 0 Å². The fraction of sp³-hybridized carbons (Fsp3) is 1.00. The highest BCUT2D eigenvalue weighted by molar-refractivity contribution is 7.81. The fourth-order valence-corrected chi connectivity index (χ4v) is 0.927. The first-order valence-corrected chi connectivity index (χ1v) is 3.46. The van der Waals surface area contributed by atoms with Gasteiger partial charge in [-0.15, -0.1) is 0 Å². The maximum absolute atomic E-state index is 12.6. The van der Waals surface area contributed by atoms with Gasteiger partial charge in [0.1, 0.15) is 0 Å². The SMILES string of the molecule is CC(S)C(F)(C(F)(F)F)C(F)(F)F. The lowest BCUT2D eigenvalue weighted by Crippen LogP contribution is -2.58. The van der Waals surface area contributed by atoms with Gasteiger partial charge in [-0.3, -0.25) is 0 Å². The van der Waals surface area contributed by atoms with E-state index in [0.29, 0.717) is 6.92 Å². The summed E-state index contributed by atoms with van der Waals surface area (Å²) in [4.78, 5) is 0. The first-order chi connectivity index (χ1) is 5.44. The van der Waals surface area contributed by atoms with Gasteiger partial charge in [-0.2, -0.15) is 39.0 Å². The van der Waals surface area contributed by atoms with E-state index < -0.39 is 23.3 Å². The topological polar surface area (TPSA) is 0 Å². The third-order valence-electron chi connectivity index (χ3n) is 1.40. The minimum absolute atomic E-state index is 0.393. The molecule has 0 aliphatic carbocycles. The van der Waals surface area contributed by atoms with E-state index in [-0.39, 0.29) is 0 Å². The standard InChI is InChI=1S/C5H5F7S/c1-2(13)3(6,4(7,8)9)5(10,11)12/h2,13H,1H3. The lowest BCUT2D eigenvalue weighted by Gasteiger charge is -2.32. The number of thiol groups is 1. The molecular formula is C5H5F7S. The molecule has 0 rings (SSSR count). The van der Waals surface area contributed by atoms with Gasteiger partial charge in [-0.05, 0) is 6.92 Å². The van der Waals surface area contributed by atoms with Crippen molar-refractivity contribution >= 4 is 12.6 Å². The van der Waals surface area contributed by atoms with Gasteiger partial charge in [0.2, 0.25) is 0 Å². The minimum Gasteiger partial charge on any atom is -0.222 e. The van der Waals surface area contributed by atoms with E-state index in [1.165, 1.54) is 0 Å². The van der Waals surface area contributed by atoms with Crippen LogP contribution in [0.15, 0.2) is 0 Å². The summed E-state index contributed by atoms with van der Waals surface area (Å²) in [6.45, 7) is 0.393. The fourth-order valence-electron chi connectivity index (χ4n) is 0.634. The molecule has 13 heavy (non-hydrogen) atoms. The lowest BCUT2D eigenvalue weighted by atomic mass is 10.0. The molecule has 0 aromatic rings. The molecule has 0 spiro atoms. The van der Waals surface area contributed by atoms with Gasteiger partial charge in [0.15, 0.2) is 0 Å². The molecule has 0 saturated heterocycles. The Morgan fingerprint density at radius 1 is 0.846 bits per heavy atom. The second-order valence-electron chi connectivity index (χ2n) is 2.38. The first kappa shape index (κ1) is 12.9. The van der Waals surface area contributed by atoms with Crippen molar-refractivity contribution in [3.63, 3.8) is 0 Å². The van der Waals surface area contributed by atoms with Crippen LogP contribution in [-0.2, 0) is 0 Å². The summed E-state index contributed by atoms with van der Waals surface area (Å²) in [6.07, 6.45) is -12.0. The van der Waals surface area contributed by atoms with Gasteiger partial charge >= 0.3 is 18.0 Å². The monoisotopic (exact) mass is 230 g/mol. The van der Waals surface area contributed by atoms with E-state index in [1.807, 2.05) is 0 Å². The van der Waals surface area contributed by atoms with Crippen LogP contribution in [-0.4, -0.2) is 23.3 Å². The Morgan fingerprint density at radius 3 is 1.08 bits per heavy atom. The molecule has 8 heteroatoms. The molecule has 0 fully saturated rings. The van der Waals surface area contributed by atoms with Crippen LogP contribution in [0.1, 0.15) is 6.92 Å². The predicted molar refractivity (Wildman–Crippen MR) is 34.4 cm³/mol. The van der Waals surface area contributed by atoms with Crippen LogP contribution in [0.4, 0.5) is 30.7 Å². The van der Waals surface area contributed by atoms with Crippen molar-refractivity contribution in [2.24, 2.45) is 0 Å². The molecule has 0 nitrogen and oxygen atoms in total. The van der Waals surface area contributed by atoms with Gasteiger partial charge in [0.25, 0.3) is 0 Å². The molecule has 1 unspecified atom stereocenters. The van der Waals surface area contributed by atoms with Gasteiger partial charge < -0.3 is 0 Å². The van der Waals surface area contributed by atoms with Gasteiger partial charge in [0.05, 0.1) is 5.25 Å². The molecule has 0 radical (unpaired) electrons. The highest BCUT2D eigenvalue weighted by Crippen LogP contribution is 2.49. The summed E-state index contributed by atoms with van der Waals surface area (Å²) in [6, 6.07) is 0. The zero-order chi connectivity index (χ0) is 11.1. The molecule has 0 bridgehead atoms. The Hall–Kier alpha value is -0.140. The number of hydrogen-bond donors (Lipinski definition) is 1. The summed E-state index contributed by atoms with van der Waals surface area (Å²) >= 11 is 2.85. The summed E-state index contributed by atoms with van der Waals surface area (Å²) in [5, 5.41) is -2.51. The second-order valence-corrected chi connectivity index (χ2v) is 3.16. The Labute approximate surface area is 74.5 Å². The third-order valence-corrected chi connectivity index (χ3v) is 1.76. The molecule has 0 aliphatic heterocycles. The van der Waals surface area contributed by atoms with Crippen LogP contribution in [0.2, 0.25) is 0 Å². The maximum Gasteiger partial charge on any atom is 0.432 e. The summed E-state index contributed by atoms with van der Waals surface area (Å²) in [5.41, 5.74) is -5.26. The maximum atomic E-state index is 12.6. The Kier molecular flexibility index (Phi) is 3.18. The largest absolute Gasteiger partial charge is 0.432 e. The molecule has 0 saturated carbocycles. The van der Waals surface area contributed by atoms with Crippen molar-refractivity contribution in [3.8, 4) is 0 Å². The van der Waals surface area contributed by atoms with Crippen molar-refractivity contribution < 1.29 is 30.7 Å². The highest BCUT2D eigenvalue weighted by Gasteiger charge is 2.74. The summed E-state index contributed by atoms with van der Waals surface area (Å²) in [7, 11) is 0.